The summed E-state index contributed by atoms with van der Waals surface area (Å²) in [6.45, 7) is 3.98. The van der Waals surface area contributed by atoms with Crippen molar-refractivity contribution in [2.24, 2.45) is 0 Å². The summed E-state index contributed by atoms with van der Waals surface area (Å²) in [6, 6.07) is 5.21. The quantitative estimate of drug-likeness (QED) is 0.920. The van der Waals surface area contributed by atoms with Gasteiger partial charge in [0.2, 0.25) is 0 Å². The Labute approximate surface area is 110 Å². The second-order valence-electron chi connectivity index (χ2n) is 4.23. The molecule has 0 saturated heterocycles. The molecule has 100 valence electrons. The van der Waals surface area contributed by atoms with Gasteiger partial charge in [0, 0.05) is 23.9 Å². The van der Waals surface area contributed by atoms with Crippen LogP contribution in [0, 0.1) is 18.6 Å². The fraction of sp³-hybridized carbons (Fsp3) is 0.286. The second-order valence-corrected chi connectivity index (χ2v) is 4.23. The van der Waals surface area contributed by atoms with Crippen LogP contribution in [0.3, 0.4) is 0 Å². The topological polar surface area (TPSA) is 37.8 Å². The van der Waals surface area contributed by atoms with Crippen molar-refractivity contribution in [2.75, 3.05) is 5.32 Å². The van der Waals surface area contributed by atoms with E-state index in [1.165, 1.54) is 6.07 Å². The number of benzene rings is 1. The molecule has 2 rings (SSSR count). The first-order valence-electron chi connectivity index (χ1n) is 6.11. The highest BCUT2D eigenvalue weighted by Crippen LogP contribution is 2.13. The molecule has 0 aliphatic carbocycles. The molecule has 0 atom stereocenters. The molecule has 2 aromatic rings. The van der Waals surface area contributed by atoms with Crippen LogP contribution in [0.15, 0.2) is 24.3 Å². The molecule has 0 fully saturated rings. The average Bonchev–Trinajstić information content (AvgIpc) is 2.39. The van der Waals surface area contributed by atoms with Gasteiger partial charge in [-0.1, -0.05) is 6.92 Å². The van der Waals surface area contributed by atoms with Crippen LogP contribution < -0.4 is 5.32 Å². The van der Waals surface area contributed by atoms with Gasteiger partial charge < -0.3 is 5.32 Å². The maximum Gasteiger partial charge on any atom is 0.130 e. The molecular formula is C14H15F2N3. The normalized spacial score (nSPS) is 10.5. The van der Waals surface area contributed by atoms with E-state index < -0.39 is 11.6 Å². The summed E-state index contributed by atoms with van der Waals surface area (Å²) in [5.41, 5.74) is 1.18. The minimum Gasteiger partial charge on any atom is -0.366 e. The number of aryl methyl sites for hydroxylation is 2. The SMILES string of the molecule is CCc1cc(NCc2cc(F)ccc2F)nc(C)n1. The lowest BCUT2D eigenvalue weighted by atomic mass is 10.2. The summed E-state index contributed by atoms with van der Waals surface area (Å²) in [5.74, 6) is 0.385. The molecule has 0 saturated carbocycles. The van der Waals surface area contributed by atoms with Crippen molar-refractivity contribution >= 4 is 5.82 Å². The van der Waals surface area contributed by atoms with Crippen LogP contribution in [-0.4, -0.2) is 9.97 Å². The Bertz CT molecular complexity index is 585. The highest BCUT2D eigenvalue weighted by atomic mass is 19.1. The highest BCUT2D eigenvalue weighted by molar-refractivity contribution is 5.37. The molecule has 0 aliphatic rings. The largest absolute Gasteiger partial charge is 0.366 e. The van der Waals surface area contributed by atoms with Gasteiger partial charge in [0.05, 0.1) is 0 Å². The van der Waals surface area contributed by atoms with Gasteiger partial charge in [-0.05, 0) is 31.5 Å². The predicted molar refractivity (Wildman–Crippen MR) is 69.8 cm³/mol. The van der Waals surface area contributed by atoms with E-state index >= 15 is 0 Å². The summed E-state index contributed by atoms with van der Waals surface area (Å²) in [7, 11) is 0. The summed E-state index contributed by atoms with van der Waals surface area (Å²) in [4.78, 5) is 8.46. The molecule has 0 bridgehead atoms. The Balaban J connectivity index is 2.14. The first-order valence-corrected chi connectivity index (χ1v) is 6.11. The van der Waals surface area contributed by atoms with Crippen molar-refractivity contribution in [1.82, 2.24) is 9.97 Å². The number of nitrogens with one attached hydrogen (secondary N) is 1. The highest BCUT2D eigenvalue weighted by Gasteiger charge is 2.05. The van der Waals surface area contributed by atoms with Crippen molar-refractivity contribution in [3.63, 3.8) is 0 Å². The van der Waals surface area contributed by atoms with E-state index in [1.54, 1.807) is 6.92 Å². The molecule has 0 aliphatic heterocycles. The molecule has 0 radical (unpaired) electrons. The Morgan fingerprint density at radius 1 is 1.16 bits per heavy atom. The summed E-state index contributed by atoms with van der Waals surface area (Å²) in [5, 5.41) is 2.99. The minimum atomic E-state index is -0.452. The van der Waals surface area contributed by atoms with Crippen LogP contribution in [0.25, 0.3) is 0 Å². The zero-order chi connectivity index (χ0) is 13.8. The molecule has 3 nitrogen and oxygen atoms in total. The molecular weight excluding hydrogens is 248 g/mol. The van der Waals surface area contributed by atoms with Crippen molar-refractivity contribution < 1.29 is 8.78 Å². The zero-order valence-electron chi connectivity index (χ0n) is 10.9. The van der Waals surface area contributed by atoms with Gasteiger partial charge in [-0.3, -0.25) is 0 Å². The Morgan fingerprint density at radius 3 is 2.68 bits per heavy atom. The summed E-state index contributed by atoms with van der Waals surface area (Å²) < 4.78 is 26.5. The number of hydrogen-bond donors (Lipinski definition) is 1. The van der Waals surface area contributed by atoms with Crippen molar-refractivity contribution in [3.05, 3.63) is 53.0 Å². The maximum absolute atomic E-state index is 13.5. The number of nitrogens with zero attached hydrogens (tertiary/aromatic N) is 2. The first-order chi connectivity index (χ1) is 9.08. The lowest BCUT2D eigenvalue weighted by Gasteiger charge is -2.08. The molecule has 0 amide bonds. The van der Waals surface area contributed by atoms with Gasteiger partial charge in [-0.25, -0.2) is 18.7 Å². The molecule has 0 spiro atoms. The standard InChI is InChI=1S/C14H15F2N3/c1-3-12-7-14(19-9(2)18-12)17-8-10-6-11(15)4-5-13(10)16/h4-7H,3,8H2,1-2H3,(H,17,18,19). The Morgan fingerprint density at radius 2 is 1.95 bits per heavy atom. The van der Waals surface area contributed by atoms with Gasteiger partial charge in [-0.2, -0.15) is 0 Å². The number of rotatable bonds is 4. The van der Waals surface area contributed by atoms with Crippen LogP contribution in [0.5, 0.6) is 0 Å². The number of aromatic nitrogens is 2. The fourth-order valence-corrected chi connectivity index (χ4v) is 1.77. The van der Waals surface area contributed by atoms with Gasteiger partial charge in [0.1, 0.15) is 23.3 Å². The van der Waals surface area contributed by atoms with E-state index in [-0.39, 0.29) is 12.1 Å². The third-order valence-corrected chi connectivity index (χ3v) is 2.72. The second kappa shape index (κ2) is 5.73. The van der Waals surface area contributed by atoms with E-state index in [4.69, 9.17) is 0 Å². The lowest BCUT2D eigenvalue weighted by Crippen LogP contribution is -2.06. The van der Waals surface area contributed by atoms with Crippen molar-refractivity contribution in [1.29, 1.82) is 0 Å². The molecule has 5 heteroatoms. The molecule has 19 heavy (non-hydrogen) atoms. The van der Waals surface area contributed by atoms with Gasteiger partial charge in [-0.15, -0.1) is 0 Å². The fourth-order valence-electron chi connectivity index (χ4n) is 1.77. The minimum absolute atomic E-state index is 0.184. The van der Waals surface area contributed by atoms with Crippen LogP contribution in [-0.2, 0) is 13.0 Å². The number of hydrogen-bond acceptors (Lipinski definition) is 3. The number of halogens is 2. The third kappa shape index (κ3) is 3.47. The lowest BCUT2D eigenvalue weighted by molar-refractivity contribution is 0.587. The smallest absolute Gasteiger partial charge is 0.130 e. The molecule has 1 heterocycles. The first kappa shape index (κ1) is 13.4. The van der Waals surface area contributed by atoms with Crippen LogP contribution in [0.4, 0.5) is 14.6 Å². The molecule has 1 aromatic heterocycles. The molecule has 0 unspecified atom stereocenters. The van der Waals surface area contributed by atoms with Crippen molar-refractivity contribution in [3.8, 4) is 0 Å². The summed E-state index contributed by atoms with van der Waals surface area (Å²) in [6.07, 6.45) is 0.798. The van der Waals surface area contributed by atoms with Gasteiger partial charge in [0.15, 0.2) is 0 Å². The van der Waals surface area contributed by atoms with Crippen LogP contribution in [0.2, 0.25) is 0 Å². The third-order valence-electron chi connectivity index (χ3n) is 2.72. The van der Waals surface area contributed by atoms with Gasteiger partial charge >= 0.3 is 0 Å². The Hall–Kier alpha value is -2.04. The van der Waals surface area contributed by atoms with Crippen molar-refractivity contribution in [2.45, 2.75) is 26.8 Å². The van der Waals surface area contributed by atoms with Crippen LogP contribution in [0.1, 0.15) is 24.0 Å². The number of anilines is 1. The average molecular weight is 263 g/mol. The van der Waals surface area contributed by atoms with Crippen LogP contribution >= 0.6 is 0 Å². The van der Waals surface area contributed by atoms with Gasteiger partial charge in [0.25, 0.3) is 0 Å². The molecule has 1 aromatic carbocycles. The van der Waals surface area contributed by atoms with E-state index in [0.717, 1.165) is 24.2 Å². The Kier molecular flexibility index (Phi) is 4.04. The van der Waals surface area contributed by atoms with E-state index in [9.17, 15) is 8.78 Å². The maximum atomic E-state index is 13.5. The monoisotopic (exact) mass is 263 g/mol. The zero-order valence-corrected chi connectivity index (χ0v) is 10.9. The molecule has 1 N–H and O–H groups in total. The predicted octanol–water partition coefficient (Wildman–Crippen LogP) is 3.24. The van der Waals surface area contributed by atoms with E-state index in [1.807, 2.05) is 13.0 Å². The van der Waals surface area contributed by atoms with E-state index in [0.29, 0.717) is 11.6 Å². The summed E-state index contributed by atoms with van der Waals surface area (Å²) >= 11 is 0. The van der Waals surface area contributed by atoms with E-state index in [2.05, 4.69) is 15.3 Å².